The van der Waals surface area contributed by atoms with Gasteiger partial charge in [-0.2, -0.15) is 4.98 Å². The van der Waals surface area contributed by atoms with Crippen LogP contribution in [-0.2, 0) is 51.2 Å². The Morgan fingerprint density at radius 2 is 1.96 bits per heavy atom. The third-order valence-corrected chi connectivity index (χ3v) is 13.0. The van der Waals surface area contributed by atoms with Crippen molar-refractivity contribution < 1.29 is 41.7 Å². The monoisotopic (exact) mass is 737 g/mol. The maximum atomic E-state index is 16.1. The number of ether oxygens (including phenoxy) is 2. The number of hydrogen-bond donors (Lipinski definition) is 5. The van der Waals surface area contributed by atoms with E-state index in [1.165, 1.54) is 10.9 Å². The Morgan fingerprint density at radius 1 is 1.15 bits per heavy atom. The molecule has 8 rings (SSSR count). The van der Waals surface area contributed by atoms with Crippen LogP contribution in [0.2, 0.25) is 0 Å². The second-order valence-corrected chi connectivity index (χ2v) is 18.2. The van der Waals surface area contributed by atoms with Gasteiger partial charge in [0.2, 0.25) is 5.95 Å². The predicted octanol–water partition coefficient (Wildman–Crippen LogP) is -0.636. The van der Waals surface area contributed by atoms with E-state index < -0.39 is 91.4 Å². The quantitative estimate of drug-likeness (QED) is 0.241. The van der Waals surface area contributed by atoms with E-state index in [0.717, 1.165) is 11.8 Å². The highest BCUT2D eigenvalue weighted by atomic mass is 32.5. The average molecular weight is 738 g/mol. The molecule has 12 atom stereocenters. The molecule has 24 heteroatoms. The first kappa shape index (κ1) is 31.4. The van der Waals surface area contributed by atoms with Gasteiger partial charge in [0, 0.05) is 11.9 Å². The molecule has 18 nitrogen and oxygen atoms in total. The van der Waals surface area contributed by atoms with Gasteiger partial charge >= 0.3 is 13.4 Å². The number of halogens is 1. The van der Waals surface area contributed by atoms with Crippen molar-refractivity contribution in [1.82, 2.24) is 24.4 Å². The molecule has 2 aromatic heterocycles. The molecule has 0 aliphatic carbocycles. The Kier molecular flexibility index (Phi) is 7.54. The minimum atomic E-state index is -4.22. The molecule has 248 valence electrons. The van der Waals surface area contributed by atoms with Crippen LogP contribution in [0.25, 0.3) is 11.2 Å². The van der Waals surface area contributed by atoms with Crippen LogP contribution in [0.1, 0.15) is 5.37 Å². The number of aromatic amines is 1. The van der Waals surface area contributed by atoms with Gasteiger partial charge in [0.1, 0.15) is 41.5 Å². The van der Waals surface area contributed by atoms with E-state index in [2.05, 4.69) is 24.9 Å². The number of nitrogens with zero attached hydrogens (tertiary/aromatic N) is 6. The van der Waals surface area contributed by atoms with Crippen LogP contribution < -0.4 is 17.0 Å². The Hall–Kier alpha value is -1.91. The van der Waals surface area contributed by atoms with Crippen molar-refractivity contribution in [2.45, 2.75) is 59.1 Å². The maximum Gasteiger partial charge on any atom is 0.325 e. The molecule has 0 radical (unpaired) electrons. The Balaban J connectivity index is 1.11. The molecule has 4 unspecified atom stereocenters. The normalized spacial score (nSPS) is 45.2. The van der Waals surface area contributed by atoms with Crippen molar-refractivity contribution in [2.24, 2.45) is 15.7 Å². The van der Waals surface area contributed by atoms with Crippen LogP contribution in [0.4, 0.5) is 10.3 Å². The Morgan fingerprint density at radius 3 is 2.78 bits per heavy atom. The lowest BCUT2D eigenvalue weighted by atomic mass is 10.0. The van der Waals surface area contributed by atoms with Crippen LogP contribution in [0.15, 0.2) is 32.9 Å². The molecular weight excluding hydrogens is 711 g/mol. The summed E-state index contributed by atoms with van der Waals surface area (Å²) in [4.78, 5) is 56.2. The fourth-order valence-corrected chi connectivity index (χ4v) is 10.9. The van der Waals surface area contributed by atoms with Crippen LogP contribution in [-0.4, -0.2) is 120 Å². The lowest BCUT2D eigenvalue weighted by Gasteiger charge is -2.37. The zero-order valence-electron chi connectivity index (χ0n) is 23.2. The highest BCUT2D eigenvalue weighted by molar-refractivity contribution is 8.07. The number of rotatable bonds is 2. The van der Waals surface area contributed by atoms with E-state index in [-0.39, 0.29) is 23.7 Å². The molecule has 6 aliphatic rings. The Bertz CT molecular complexity index is 1850. The molecular formula is C22H26FN9O9P2S3. The molecule has 0 saturated carbocycles. The number of anilines is 1. The Labute approximate surface area is 272 Å². The van der Waals surface area contributed by atoms with Gasteiger partial charge in [0.05, 0.1) is 37.7 Å². The molecule has 6 aliphatic heterocycles. The summed E-state index contributed by atoms with van der Waals surface area (Å²) in [5.41, 5.74) is 10.4. The lowest BCUT2D eigenvalue weighted by molar-refractivity contribution is -0.194. The van der Waals surface area contributed by atoms with Gasteiger partial charge in [-0.05, 0) is 29.7 Å². The second kappa shape index (κ2) is 11.1. The van der Waals surface area contributed by atoms with Crippen molar-refractivity contribution in [3.63, 3.8) is 0 Å². The summed E-state index contributed by atoms with van der Waals surface area (Å²) in [5.74, 6) is -0.182. The third-order valence-electron chi connectivity index (χ3n) is 8.43. The summed E-state index contributed by atoms with van der Waals surface area (Å²) in [5, 5.41) is -1.98. The van der Waals surface area contributed by atoms with E-state index in [1.807, 2.05) is 0 Å². The van der Waals surface area contributed by atoms with Gasteiger partial charge < -0.3 is 44.7 Å². The van der Waals surface area contributed by atoms with E-state index in [4.69, 9.17) is 62.6 Å². The summed E-state index contributed by atoms with van der Waals surface area (Å²) in [7, 11) is 0. The number of hydrogen-bond acceptors (Lipinski definition) is 17. The number of allylic oxidation sites excluding steroid dienone is 1. The number of nitrogen functional groups attached to an aromatic ring is 1. The number of H-pyrrole nitrogens is 1. The smallest absolute Gasteiger partial charge is 0.325 e. The number of imidazole rings is 1. The van der Waals surface area contributed by atoms with Crippen molar-refractivity contribution in [2.75, 3.05) is 25.6 Å². The van der Waals surface area contributed by atoms with Gasteiger partial charge in [-0.15, -0.1) is 11.8 Å². The van der Waals surface area contributed by atoms with Crippen LogP contribution in [0.3, 0.4) is 0 Å². The fourth-order valence-electron chi connectivity index (χ4n) is 6.31. The summed E-state index contributed by atoms with van der Waals surface area (Å²) < 4.78 is 53.4. The molecule has 0 amide bonds. The molecule has 4 saturated heterocycles. The zero-order valence-corrected chi connectivity index (χ0v) is 27.5. The average Bonchev–Trinajstić information content (AvgIpc) is 3.80. The lowest BCUT2D eigenvalue weighted by Crippen LogP contribution is -2.52. The minimum absolute atomic E-state index is 0.0436. The topological polar surface area (TPSA) is 239 Å². The number of nitrogens with one attached hydrogen (secondary N) is 1. The molecule has 4 fully saturated rings. The molecule has 2 aromatic rings. The van der Waals surface area contributed by atoms with E-state index in [0.29, 0.717) is 5.70 Å². The number of dihydropyridines is 1. The summed E-state index contributed by atoms with van der Waals surface area (Å²) >= 11 is 11.8. The summed E-state index contributed by atoms with van der Waals surface area (Å²) in [6.45, 7) is -9.23. The second-order valence-electron chi connectivity index (χ2n) is 11.3. The van der Waals surface area contributed by atoms with Gasteiger partial charge in [0.25, 0.3) is 5.56 Å². The largest absolute Gasteiger partial charge is 0.400 e. The highest BCUT2D eigenvalue weighted by Gasteiger charge is 2.67. The number of alkyl halides is 1. The number of thioether (sulfide) groups is 1. The number of aliphatic imine (C=N–C) groups is 2. The summed E-state index contributed by atoms with van der Waals surface area (Å²) in [6, 6.07) is -0.437. The minimum Gasteiger partial charge on any atom is -0.400 e. The van der Waals surface area contributed by atoms with Crippen LogP contribution >= 0.6 is 25.2 Å². The first-order valence-electron chi connectivity index (χ1n) is 13.8. The SMILES string of the molecule is NC1=CC=NC2C1N=CN2[C@@H]1O[C@@]23CO[C@@H]1[C@@H]2OP(O)(=S)OC[C@H]1S[C@@H](n2cnc4c(=O)[nH]c(N)nc42)[C@H](OP(O)(=S)OC3)[C@H]1F. The van der Waals surface area contributed by atoms with Crippen molar-refractivity contribution in [1.29, 1.82) is 0 Å². The molecule has 0 spiro atoms. The number of fused-ring (bicyclic) bond motifs is 4. The zero-order chi connectivity index (χ0) is 32.2. The third kappa shape index (κ3) is 5.10. The first-order valence-corrected chi connectivity index (χ1v) is 19.9. The highest BCUT2D eigenvalue weighted by Crippen LogP contribution is 2.59. The molecule has 7 N–H and O–H groups in total. The van der Waals surface area contributed by atoms with Gasteiger partial charge in [0.15, 0.2) is 23.6 Å². The van der Waals surface area contributed by atoms with E-state index >= 15 is 4.39 Å². The van der Waals surface area contributed by atoms with Crippen LogP contribution in [0, 0.1) is 0 Å². The van der Waals surface area contributed by atoms with Crippen molar-refractivity contribution in [3.05, 3.63) is 28.5 Å². The van der Waals surface area contributed by atoms with E-state index in [9.17, 15) is 14.6 Å². The van der Waals surface area contributed by atoms with Crippen LogP contribution in [0.5, 0.6) is 0 Å². The maximum absolute atomic E-state index is 16.1. The van der Waals surface area contributed by atoms with Crippen molar-refractivity contribution >= 4 is 78.5 Å². The number of aromatic nitrogens is 4. The van der Waals surface area contributed by atoms with Crippen molar-refractivity contribution in [3.8, 4) is 0 Å². The first-order chi connectivity index (χ1) is 21.8. The molecule has 0 aromatic carbocycles. The van der Waals surface area contributed by atoms with Gasteiger partial charge in [-0.1, -0.05) is 0 Å². The van der Waals surface area contributed by atoms with Gasteiger partial charge in [-0.25, -0.2) is 9.37 Å². The molecule has 4 bridgehead atoms. The molecule has 46 heavy (non-hydrogen) atoms. The summed E-state index contributed by atoms with van der Waals surface area (Å²) in [6.07, 6.45) is -0.441. The molecule has 8 heterocycles. The standard InChI is InChI=1S/C22H26FN9O9P2S3/c23-10-9-3-37-42(34,44)41-15-14-19(31-6-27-11-8(24)1-2-26-16(11)31)39-22(15,4-36-14)5-38-43(35,45)40-13(10)20(46-9)32-7-28-12-17(32)29-21(25)30-18(12)33/h1-2,6-7,9-11,13-16,19-20H,3-5,24H2,(H,34,44)(H,35,45)(H3,25,29,30,33)/t9-,10+,11?,13-,14-,15+,16?,19-,20-,22-,42?,43?/m1/s1. The van der Waals surface area contributed by atoms with E-state index in [1.54, 1.807) is 23.5 Å². The van der Waals surface area contributed by atoms with Gasteiger partial charge in [-0.3, -0.25) is 33.4 Å². The fraction of sp³-hybridized carbons (Fsp3) is 0.591. The number of nitrogens with two attached hydrogens (primary N) is 2. The predicted molar refractivity (Wildman–Crippen MR) is 169 cm³/mol.